The molecular formula is C14H7ClF3NO5. The fourth-order valence-corrected chi connectivity index (χ4v) is 1.95. The first-order valence-electron chi connectivity index (χ1n) is 6.16. The Balaban J connectivity index is 2.43. The number of carboxylic acid groups (broad SMARTS) is 1. The van der Waals surface area contributed by atoms with Crippen LogP contribution >= 0.6 is 11.6 Å². The number of hydrogen-bond acceptors (Lipinski definition) is 4. The zero-order valence-electron chi connectivity index (χ0n) is 11.5. The van der Waals surface area contributed by atoms with Crippen LogP contribution in [0.3, 0.4) is 0 Å². The highest BCUT2D eigenvalue weighted by Gasteiger charge is 2.31. The van der Waals surface area contributed by atoms with Crippen LogP contribution in [0.5, 0.6) is 11.5 Å². The Labute approximate surface area is 137 Å². The van der Waals surface area contributed by atoms with Gasteiger partial charge in [0.2, 0.25) is 0 Å². The van der Waals surface area contributed by atoms with Crippen LogP contribution in [0.4, 0.5) is 18.9 Å². The highest BCUT2D eigenvalue weighted by molar-refractivity contribution is 6.32. The molecule has 0 unspecified atom stereocenters. The van der Waals surface area contributed by atoms with E-state index in [1.165, 1.54) is 0 Å². The van der Waals surface area contributed by atoms with Crippen LogP contribution in [-0.2, 0) is 6.18 Å². The third kappa shape index (κ3) is 3.74. The maximum atomic E-state index is 12.7. The Morgan fingerprint density at radius 3 is 2.42 bits per heavy atom. The average Bonchev–Trinajstić information content (AvgIpc) is 2.48. The molecule has 0 heterocycles. The molecule has 0 saturated heterocycles. The van der Waals surface area contributed by atoms with Crippen molar-refractivity contribution in [3.63, 3.8) is 0 Å². The molecule has 0 amide bonds. The van der Waals surface area contributed by atoms with Crippen molar-refractivity contribution in [2.45, 2.75) is 6.18 Å². The lowest BCUT2D eigenvalue weighted by atomic mass is 10.1. The van der Waals surface area contributed by atoms with E-state index in [1.54, 1.807) is 0 Å². The van der Waals surface area contributed by atoms with Gasteiger partial charge in [0, 0.05) is 12.1 Å². The second-order valence-electron chi connectivity index (χ2n) is 4.49. The van der Waals surface area contributed by atoms with E-state index in [0.717, 1.165) is 30.3 Å². The second kappa shape index (κ2) is 6.36. The molecule has 0 aliphatic rings. The fourth-order valence-electron chi connectivity index (χ4n) is 1.79. The molecule has 24 heavy (non-hydrogen) atoms. The largest absolute Gasteiger partial charge is 0.477 e. The van der Waals surface area contributed by atoms with Gasteiger partial charge in [0.25, 0.3) is 5.69 Å². The topological polar surface area (TPSA) is 89.7 Å². The minimum atomic E-state index is -4.62. The Morgan fingerprint density at radius 1 is 1.21 bits per heavy atom. The number of nitro benzene ring substituents is 1. The first-order valence-corrected chi connectivity index (χ1v) is 6.53. The number of nitro groups is 1. The summed E-state index contributed by atoms with van der Waals surface area (Å²) in [4.78, 5) is 20.9. The predicted molar refractivity (Wildman–Crippen MR) is 76.6 cm³/mol. The van der Waals surface area contributed by atoms with Crippen molar-refractivity contribution in [2.75, 3.05) is 0 Å². The van der Waals surface area contributed by atoms with Gasteiger partial charge in [-0.3, -0.25) is 10.1 Å². The highest BCUT2D eigenvalue weighted by Crippen LogP contribution is 2.37. The third-order valence-corrected chi connectivity index (χ3v) is 3.19. The van der Waals surface area contributed by atoms with E-state index in [4.69, 9.17) is 21.4 Å². The number of alkyl halides is 3. The lowest BCUT2D eigenvalue weighted by molar-refractivity contribution is -0.385. The molecule has 2 aromatic carbocycles. The van der Waals surface area contributed by atoms with Gasteiger partial charge in [0.1, 0.15) is 17.1 Å². The summed E-state index contributed by atoms with van der Waals surface area (Å²) in [7, 11) is 0. The van der Waals surface area contributed by atoms with Gasteiger partial charge < -0.3 is 9.84 Å². The SMILES string of the molecule is O=C(O)c1cc(Oc2cc(C(F)(F)F)ccc2Cl)ccc1[N+](=O)[O-]. The standard InChI is InChI=1S/C14H7ClF3NO5/c15-10-3-1-7(14(16,17)18)5-12(10)24-8-2-4-11(19(22)23)9(6-8)13(20)21/h1-6H,(H,20,21). The van der Waals surface area contributed by atoms with Crippen LogP contribution < -0.4 is 4.74 Å². The second-order valence-corrected chi connectivity index (χ2v) is 4.89. The molecule has 0 saturated carbocycles. The predicted octanol–water partition coefficient (Wildman–Crippen LogP) is 4.76. The lowest BCUT2D eigenvalue weighted by Gasteiger charge is -2.12. The van der Waals surface area contributed by atoms with Gasteiger partial charge >= 0.3 is 12.1 Å². The molecule has 2 rings (SSSR count). The zero-order valence-corrected chi connectivity index (χ0v) is 12.3. The highest BCUT2D eigenvalue weighted by atomic mass is 35.5. The smallest absolute Gasteiger partial charge is 0.416 e. The van der Waals surface area contributed by atoms with E-state index in [-0.39, 0.29) is 16.5 Å². The van der Waals surface area contributed by atoms with Crippen molar-refractivity contribution in [3.8, 4) is 11.5 Å². The number of ether oxygens (including phenoxy) is 1. The molecule has 0 fully saturated rings. The van der Waals surface area contributed by atoms with E-state index in [9.17, 15) is 28.1 Å². The van der Waals surface area contributed by atoms with Crippen LogP contribution in [-0.4, -0.2) is 16.0 Å². The minimum Gasteiger partial charge on any atom is -0.477 e. The van der Waals surface area contributed by atoms with Crippen LogP contribution in [0, 0.1) is 10.1 Å². The number of rotatable bonds is 4. The van der Waals surface area contributed by atoms with Crippen molar-refractivity contribution in [1.82, 2.24) is 0 Å². The van der Waals surface area contributed by atoms with E-state index in [2.05, 4.69) is 0 Å². The van der Waals surface area contributed by atoms with Gasteiger partial charge in [-0.1, -0.05) is 11.6 Å². The van der Waals surface area contributed by atoms with Crippen LogP contribution in [0.1, 0.15) is 15.9 Å². The fraction of sp³-hybridized carbons (Fsp3) is 0.0714. The van der Waals surface area contributed by atoms with E-state index in [1.807, 2.05) is 0 Å². The van der Waals surface area contributed by atoms with Crippen LogP contribution in [0.2, 0.25) is 5.02 Å². The number of carboxylic acids is 1. The number of halogens is 4. The number of hydrogen-bond donors (Lipinski definition) is 1. The van der Waals surface area contributed by atoms with E-state index in [0.29, 0.717) is 6.07 Å². The molecule has 1 N–H and O–H groups in total. The summed E-state index contributed by atoms with van der Waals surface area (Å²) in [5, 5.41) is 19.6. The Morgan fingerprint density at radius 2 is 1.88 bits per heavy atom. The Kier molecular flexibility index (Phi) is 4.65. The molecule has 0 atom stereocenters. The van der Waals surface area contributed by atoms with Gasteiger partial charge in [-0.15, -0.1) is 0 Å². The Bertz CT molecular complexity index is 823. The maximum absolute atomic E-state index is 12.7. The summed E-state index contributed by atoms with van der Waals surface area (Å²) in [6.07, 6.45) is -4.62. The van der Waals surface area contributed by atoms with Gasteiger partial charge in [0.05, 0.1) is 15.5 Å². The first kappa shape index (κ1) is 17.5. The molecule has 0 aliphatic carbocycles. The van der Waals surface area contributed by atoms with E-state index < -0.39 is 33.9 Å². The number of aromatic carboxylic acids is 1. The normalized spacial score (nSPS) is 11.2. The molecule has 10 heteroatoms. The quantitative estimate of drug-likeness (QED) is 0.626. The molecule has 0 bridgehead atoms. The van der Waals surface area contributed by atoms with Crippen molar-refractivity contribution in [2.24, 2.45) is 0 Å². The summed E-state index contributed by atoms with van der Waals surface area (Å²) in [5.74, 6) is -2.15. The van der Waals surface area contributed by atoms with Crippen molar-refractivity contribution in [3.05, 3.63) is 62.7 Å². The van der Waals surface area contributed by atoms with Crippen molar-refractivity contribution < 1.29 is 32.7 Å². The number of benzene rings is 2. The van der Waals surface area contributed by atoms with Crippen molar-refractivity contribution >= 4 is 23.3 Å². The minimum absolute atomic E-state index is 0.141. The molecule has 6 nitrogen and oxygen atoms in total. The summed E-state index contributed by atoms with van der Waals surface area (Å²) in [6.45, 7) is 0. The summed E-state index contributed by atoms with van der Waals surface area (Å²) in [6, 6.07) is 5.14. The number of carbonyl (C=O) groups is 1. The summed E-state index contributed by atoms with van der Waals surface area (Å²) >= 11 is 5.76. The molecule has 0 aliphatic heterocycles. The van der Waals surface area contributed by atoms with Gasteiger partial charge in [-0.05, 0) is 24.3 Å². The Hall–Kier alpha value is -2.81. The zero-order chi connectivity index (χ0) is 18.1. The molecular weight excluding hydrogens is 355 g/mol. The first-order chi connectivity index (χ1) is 11.1. The van der Waals surface area contributed by atoms with Crippen LogP contribution in [0.25, 0.3) is 0 Å². The summed E-state index contributed by atoms with van der Waals surface area (Å²) in [5.41, 5.74) is -2.35. The van der Waals surface area contributed by atoms with Gasteiger partial charge in [-0.25, -0.2) is 4.79 Å². The number of nitrogens with zero attached hydrogens (tertiary/aromatic N) is 1. The van der Waals surface area contributed by atoms with Crippen LogP contribution in [0.15, 0.2) is 36.4 Å². The third-order valence-electron chi connectivity index (χ3n) is 2.88. The molecule has 0 aromatic heterocycles. The molecule has 0 radical (unpaired) electrons. The maximum Gasteiger partial charge on any atom is 0.416 e. The molecule has 0 spiro atoms. The van der Waals surface area contributed by atoms with Gasteiger partial charge in [0.15, 0.2) is 0 Å². The molecule has 126 valence electrons. The molecule has 2 aromatic rings. The van der Waals surface area contributed by atoms with Crippen molar-refractivity contribution in [1.29, 1.82) is 0 Å². The van der Waals surface area contributed by atoms with Gasteiger partial charge in [-0.2, -0.15) is 13.2 Å². The monoisotopic (exact) mass is 361 g/mol. The average molecular weight is 362 g/mol. The van der Waals surface area contributed by atoms with E-state index >= 15 is 0 Å². The lowest BCUT2D eigenvalue weighted by Crippen LogP contribution is -2.05. The summed E-state index contributed by atoms with van der Waals surface area (Å²) < 4.78 is 43.2.